The van der Waals surface area contributed by atoms with Gasteiger partial charge in [0.05, 0.1) is 0 Å². The first-order valence-corrected chi connectivity index (χ1v) is 6.05. The molecule has 15 heavy (non-hydrogen) atoms. The van der Waals surface area contributed by atoms with E-state index in [0.717, 1.165) is 0 Å². The molecule has 0 heterocycles. The lowest BCUT2D eigenvalue weighted by molar-refractivity contribution is 0.665. The molecule has 0 fully saturated rings. The first kappa shape index (κ1) is 12.0. The SMILES string of the molecule is CCCCCCC(C)=Cc1ccccc1. The Hall–Kier alpha value is -1.04. The maximum Gasteiger partial charge on any atom is -0.0257 e. The second-order valence-corrected chi connectivity index (χ2v) is 4.21. The fourth-order valence-corrected chi connectivity index (χ4v) is 1.74. The smallest absolute Gasteiger partial charge is 0.0257 e. The molecule has 0 spiro atoms. The van der Waals surface area contributed by atoms with E-state index in [1.54, 1.807) is 0 Å². The molecule has 0 saturated heterocycles. The number of hydrogen-bond donors (Lipinski definition) is 0. The van der Waals surface area contributed by atoms with Crippen molar-refractivity contribution in [2.75, 3.05) is 0 Å². The van der Waals surface area contributed by atoms with E-state index in [-0.39, 0.29) is 0 Å². The summed E-state index contributed by atoms with van der Waals surface area (Å²) in [5.41, 5.74) is 2.82. The molecule has 0 N–H and O–H groups in total. The highest BCUT2D eigenvalue weighted by molar-refractivity contribution is 5.51. The fraction of sp³-hybridized carbons (Fsp3) is 0.467. The van der Waals surface area contributed by atoms with Crippen LogP contribution in [-0.4, -0.2) is 0 Å². The Morgan fingerprint density at radius 2 is 1.80 bits per heavy atom. The van der Waals surface area contributed by atoms with Crippen LogP contribution < -0.4 is 0 Å². The molecule has 1 rings (SSSR count). The average Bonchev–Trinajstić information content (AvgIpc) is 2.26. The number of benzene rings is 1. The van der Waals surface area contributed by atoms with Crippen molar-refractivity contribution >= 4 is 6.08 Å². The van der Waals surface area contributed by atoms with Crippen molar-refractivity contribution in [2.45, 2.75) is 46.0 Å². The van der Waals surface area contributed by atoms with Gasteiger partial charge in [0.1, 0.15) is 0 Å². The van der Waals surface area contributed by atoms with Crippen LogP contribution in [0.1, 0.15) is 51.5 Å². The summed E-state index contributed by atoms with van der Waals surface area (Å²) in [4.78, 5) is 0. The summed E-state index contributed by atoms with van der Waals surface area (Å²) in [6, 6.07) is 10.6. The molecule has 0 nitrogen and oxygen atoms in total. The third-order valence-corrected chi connectivity index (χ3v) is 2.64. The predicted octanol–water partition coefficient (Wildman–Crippen LogP) is 5.06. The van der Waals surface area contributed by atoms with Crippen LogP contribution in [0.15, 0.2) is 35.9 Å². The fourth-order valence-electron chi connectivity index (χ4n) is 1.74. The van der Waals surface area contributed by atoms with Gasteiger partial charge in [-0.05, 0) is 25.3 Å². The summed E-state index contributed by atoms with van der Waals surface area (Å²) < 4.78 is 0. The lowest BCUT2D eigenvalue weighted by Crippen LogP contribution is -1.80. The summed E-state index contributed by atoms with van der Waals surface area (Å²) in [6.07, 6.45) is 8.94. The maximum atomic E-state index is 2.30. The molecule has 0 aliphatic heterocycles. The average molecular weight is 202 g/mol. The van der Waals surface area contributed by atoms with Gasteiger partial charge < -0.3 is 0 Å². The minimum Gasteiger partial charge on any atom is -0.0727 e. The third kappa shape index (κ3) is 5.41. The van der Waals surface area contributed by atoms with Crippen molar-refractivity contribution in [2.24, 2.45) is 0 Å². The van der Waals surface area contributed by atoms with Crippen molar-refractivity contribution in [3.8, 4) is 0 Å². The van der Waals surface area contributed by atoms with Crippen LogP contribution >= 0.6 is 0 Å². The zero-order chi connectivity index (χ0) is 10.9. The first-order valence-electron chi connectivity index (χ1n) is 6.05. The second kappa shape index (κ2) is 7.28. The number of hydrogen-bond acceptors (Lipinski definition) is 0. The van der Waals surface area contributed by atoms with Crippen LogP contribution in [0.3, 0.4) is 0 Å². The minimum atomic E-state index is 1.24. The van der Waals surface area contributed by atoms with E-state index in [4.69, 9.17) is 0 Å². The zero-order valence-corrected chi connectivity index (χ0v) is 10.00. The highest BCUT2D eigenvalue weighted by Crippen LogP contribution is 2.13. The van der Waals surface area contributed by atoms with Gasteiger partial charge in [-0.3, -0.25) is 0 Å². The number of unbranched alkanes of at least 4 members (excludes halogenated alkanes) is 3. The van der Waals surface area contributed by atoms with Gasteiger partial charge in [0.15, 0.2) is 0 Å². The summed E-state index contributed by atoms with van der Waals surface area (Å²) in [5, 5.41) is 0. The first-order chi connectivity index (χ1) is 7.33. The van der Waals surface area contributed by atoms with E-state index in [0.29, 0.717) is 0 Å². The van der Waals surface area contributed by atoms with E-state index in [2.05, 4.69) is 50.3 Å². The molecule has 1 aromatic rings. The Bertz CT molecular complexity index is 282. The van der Waals surface area contributed by atoms with Crippen LogP contribution in [0.4, 0.5) is 0 Å². The lowest BCUT2D eigenvalue weighted by atomic mass is 10.1. The van der Waals surface area contributed by atoms with Gasteiger partial charge in [0.25, 0.3) is 0 Å². The van der Waals surface area contributed by atoms with Gasteiger partial charge in [0, 0.05) is 0 Å². The molecule has 0 saturated carbocycles. The van der Waals surface area contributed by atoms with Crippen molar-refractivity contribution in [1.82, 2.24) is 0 Å². The van der Waals surface area contributed by atoms with Crippen LogP contribution in [0, 0.1) is 0 Å². The van der Waals surface area contributed by atoms with Crippen LogP contribution in [0.5, 0.6) is 0 Å². The molecule has 0 aromatic heterocycles. The van der Waals surface area contributed by atoms with Gasteiger partial charge in [-0.1, -0.05) is 68.2 Å². The highest BCUT2D eigenvalue weighted by Gasteiger charge is 1.92. The summed E-state index contributed by atoms with van der Waals surface area (Å²) in [7, 11) is 0. The molecular weight excluding hydrogens is 180 g/mol. The van der Waals surface area contributed by atoms with Crippen LogP contribution in [-0.2, 0) is 0 Å². The molecule has 0 atom stereocenters. The van der Waals surface area contributed by atoms with Crippen molar-refractivity contribution in [3.05, 3.63) is 41.5 Å². The standard InChI is InChI=1S/C15H22/c1-3-4-5-7-10-14(2)13-15-11-8-6-9-12-15/h6,8-9,11-13H,3-5,7,10H2,1-2H3. The molecule has 0 aliphatic rings. The van der Waals surface area contributed by atoms with Gasteiger partial charge in [0.2, 0.25) is 0 Å². The molecule has 0 bridgehead atoms. The largest absolute Gasteiger partial charge is 0.0727 e. The maximum absolute atomic E-state index is 2.30. The topological polar surface area (TPSA) is 0 Å². The number of rotatable bonds is 6. The Labute approximate surface area is 94.0 Å². The van der Waals surface area contributed by atoms with E-state index < -0.39 is 0 Å². The Balaban J connectivity index is 2.33. The van der Waals surface area contributed by atoms with Gasteiger partial charge in [-0.2, -0.15) is 0 Å². The van der Waals surface area contributed by atoms with E-state index in [1.165, 1.54) is 43.2 Å². The van der Waals surface area contributed by atoms with Crippen molar-refractivity contribution in [1.29, 1.82) is 0 Å². The predicted molar refractivity (Wildman–Crippen MR) is 68.9 cm³/mol. The van der Waals surface area contributed by atoms with Crippen LogP contribution in [0.25, 0.3) is 6.08 Å². The van der Waals surface area contributed by atoms with Crippen molar-refractivity contribution < 1.29 is 0 Å². The minimum absolute atomic E-state index is 1.24. The highest BCUT2D eigenvalue weighted by atomic mass is 14.0. The van der Waals surface area contributed by atoms with E-state index in [9.17, 15) is 0 Å². The summed E-state index contributed by atoms with van der Waals surface area (Å²) in [6.45, 7) is 4.49. The van der Waals surface area contributed by atoms with E-state index >= 15 is 0 Å². The molecule has 0 amide bonds. The molecule has 0 aliphatic carbocycles. The Kier molecular flexibility index (Phi) is 5.84. The molecular formula is C15H22. The monoisotopic (exact) mass is 202 g/mol. The summed E-state index contributed by atoms with van der Waals surface area (Å²) in [5.74, 6) is 0. The third-order valence-electron chi connectivity index (χ3n) is 2.64. The van der Waals surface area contributed by atoms with Crippen LogP contribution in [0.2, 0.25) is 0 Å². The molecule has 0 unspecified atom stereocenters. The second-order valence-electron chi connectivity index (χ2n) is 4.21. The Morgan fingerprint density at radius 1 is 1.07 bits per heavy atom. The molecule has 0 radical (unpaired) electrons. The molecule has 0 heteroatoms. The van der Waals surface area contributed by atoms with Gasteiger partial charge in [-0.15, -0.1) is 0 Å². The quantitative estimate of drug-likeness (QED) is 0.565. The number of allylic oxidation sites excluding steroid dienone is 1. The summed E-state index contributed by atoms with van der Waals surface area (Å²) >= 11 is 0. The Morgan fingerprint density at radius 3 is 2.47 bits per heavy atom. The lowest BCUT2D eigenvalue weighted by Gasteiger charge is -2.01. The molecule has 1 aromatic carbocycles. The normalized spacial score (nSPS) is 11.7. The molecule has 82 valence electrons. The van der Waals surface area contributed by atoms with Gasteiger partial charge >= 0.3 is 0 Å². The van der Waals surface area contributed by atoms with Gasteiger partial charge in [-0.25, -0.2) is 0 Å². The van der Waals surface area contributed by atoms with Crippen molar-refractivity contribution in [3.63, 3.8) is 0 Å². The zero-order valence-electron chi connectivity index (χ0n) is 10.00. The van der Waals surface area contributed by atoms with E-state index in [1.807, 2.05) is 0 Å².